The number of halogens is 1. The number of anilines is 2. The lowest BCUT2D eigenvalue weighted by Crippen LogP contribution is -2.58. The SMILES string of the molecule is C[C@@H]1CCC[N+]1(C(=O)O)S(=O)(=O)c1ccc(-c2ccc(NC(=O)Nc3ccc(Cl)cc3)cc2)cc1. The molecular weight excluding hydrogens is 490 g/mol. The Labute approximate surface area is 208 Å². The van der Waals surface area contributed by atoms with E-state index in [1.54, 1.807) is 67.6 Å². The van der Waals surface area contributed by atoms with Crippen LogP contribution in [0.3, 0.4) is 0 Å². The molecule has 0 aliphatic carbocycles. The molecule has 10 heteroatoms. The summed E-state index contributed by atoms with van der Waals surface area (Å²) in [6.45, 7) is 1.72. The minimum atomic E-state index is -4.12. The van der Waals surface area contributed by atoms with Crippen LogP contribution >= 0.6 is 11.6 Å². The molecule has 182 valence electrons. The van der Waals surface area contributed by atoms with E-state index in [4.69, 9.17) is 11.6 Å². The molecule has 0 aromatic heterocycles. The predicted octanol–water partition coefficient (Wildman–Crippen LogP) is 6.02. The van der Waals surface area contributed by atoms with Gasteiger partial charge in [-0.15, -0.1) is 3.89 Å². The van der Waals surface area contributed by atoms with E-state index >= 15 is 0 Å². The highest BCUT2D eigenvalue weighted by molar-refractivity contribution is 7.86. The lowest BCUT2D eigenvalue weighted by atomic mass is 10.1. The second-order valence-electron chi connectivity index (χ2n) is 8.46. The first kappa shape index (κ1) is 24.7. The zero-order chi connectivity index (χ0) is 25.2. The molecule has 1 aliphatic heterocycles. The number of hydrogen-bond donors (Lipinski definition) is 3. The average Bonchev–Trinajstić information content (AvgIpc) is 3.24. The highest BCUT2D eigenvalue weighted by Gasteiger charge is 2.57. The quantitative estimate of drug-likeness (QED) is 0.360. The van der Waals surface area contributed by atoms with Crippen molar-refractivity contribution in [3.05, 3.63) is 77.8 Å². The summed E-state index contributed by atoms with van der Waals surface area (Å²) in [5, 5.41) is 15.8. The van der Waals surface area contributed by atoms with Gasteiger partial charge in [0.05, 0.1) is 0 Å². The van der Waals surface area contributed by atoms with Crippen LogP contribution in [0.5, 0.6) is 0 Å². The highest BCUT2D eigenvalue weighted by Crippen LogP contribution is 2.36. The fourth-order valence-electron chi connectivity index (χ4n) is 4.37. The molecule has 3 aromatic carbocycles. The van der Waals surface area contributed by atoms with Gasteiger partial charge >= 0.3 is 22.1 Å². The van der Waals surface area contributed by atoms with Gasteiger partial charge in [-0.25, -0.2) is 4.79 Å². The van der Waals surface area contributed by atoms with E-state index in [-0.39, 0.29) is 11.4 Å². The number of rotatable bonds is 5. The Morgan fingerprint density at radius 1 is 0.886 bits per heavy atom. The number of hydrogen-bond acceptors (Lipinski definition) is 4. The number of carbonyl (C=O) groups is 2. The summed E-state index contributed by atoms with van der Waals surface area (Å²) in [5.74, 6) is 0. The van der Waals surface area contributed by atoms with Crippen molar-refractivity contribution in [2.24, 2.45) is 0 Å². The van der Waals surface area contributed by atoms with Gasteiger partial charge in [0.2, 0.25) is 0 Å². The van der Waals surface area contributed by atoms with Crippen LogP contribution in [0.2, 0.25) is 5.02 Å². The zero-order valence-electron chi connectivity index (χ0n) is 18.9. The molecule has 3 N–H and O–H groups in total. The van der Waals surface area contributed by atoms with E-state index in [9.17, 15) is 23.1 Å². The largest absolute Gasteiger partial charge is 0.529 e. The zero-order valence-corrected chi connectivity index (χ0v) is 20.5. The van der Waals surface area contributed by atoms with Gasteiger partial charge in [0.15, 0.2) is 0 Å². The number of quaternary nitrogens is 1. The molecule has 0 spiro atoms. The number of sulfonamides is 1. The molecule has 1 unspecified atom stereocenters. The fraction of sp³-hybridized carbons (Fsp3) is 0.200. The molecule has 0 saturated carbocycles. The number of nitrogens with one attached hydrogen (secondary N) is 2. The molecule has 3 aromatic rings. The number of urea groups is 1. The van der Waals surface area contributed by atoms with Gasteiger partial charge in [0.1, 0.15) is 17.5 Å². The van der Waals surface area contributed by atoms with E-state index in [0.29, 0.717) is 29.2 Å². The Morgan fingerprint density at radius 2 is 1.37 bits per heavy atom. The minimum Gasteiger partial charge on any atom is -0.435 e. The first-order valence-electron chi connectivity index (χ1n) is 11.0. The Hall–Kier alpha value is -3.40. The predicted molar refractivity (Wildman–Crippen MR) is 135 cm³/mol. The van der Waals surface area contributed by atoms with Crippen molar-refractivity contribution in [3.8, 4) is 11.1 Å². The minimum absolute atomic E-state index is 0.0189. The summed E-state index contributed by atoms with van der Waals surface area (Å²) in [7, 11) is -4.12. The highest BCUT2D eigenvalue weighted by atomic mass is 35.5. The van der Waals surface area contributed by atoms with Gasteiger partial charge < -0.3 is 15.7 Å². The maximum atomic E-state index is 13.3. The third-order valence-electron chi connectivity index (χ3n) is 6.31. The van der Waals surface area contributed by atoms with Gasteiger partial charge in [-0.1, -0.05) is 35.9 Å². The molecule has 1 saturated heterocycles. The molecule has 8 nitrogen and oxygen atoms in total. The van der Waals surface area contributed by atoms with Gasteiger partial charge in [-0.05, 0) is 66.6 Å². The van der Waals surface area contributed by atoms with Gasteiger partial charge in [-0.2, -0.15) is 13.2 Å². The molecule has 3 amide bonds. The summed E-state index contributed by atoms with van der Waals surface area (Å²) in [5.41, 5.74) is 2.76. The van der Waals surface area contributed by atoms with Crippen LogP contribution < -0.4 is 10.6 Å². The first-order valence-corrected chi connectivity index (χ1v) is 12.9. The van der Waals surface area contributed by atoms with E-state index in [0.717, 1.165) is 11.1 Å². The van der Waals surface area contributed by atoms with Crippen molar-refractivity contribution < 1.29 is 27.0 Å². The van der Waals surface area contributed by atoms with Crippen molar-refractivity contribution in [1.29, 1.82) is 0 Å². The van der Waals surface area contributed by atoms with Gasteiger partial charge in [0, 0.05) is 29.2 Å². The Morgan fingerprint density at radius 3 is 1.83 bits per heavy atom. The van der Waals surface area contributed by atoms with Crippen LogP contribution in [0.1, 0.15) is 19.8 Å². The third-order valence-corrected chi connectivity index (χ3v) is 8.98. The number of amides is 3. The van der Waals surface area contributed by atoms with E-state index in [2.05, 4.69) is 10.6 Å². The molecule has 0 bridgehead atoms. The Balaban J connectivity index is 1.47. The van der Waals surface area contributed by atoms with E-state index < -0.39 is 32.1 Å². The van der Waals surface area contributed by atoms with Crippen LogP contribution in [0.4, 0.5) is 21.0 Å². The number of benzene rings is 3. The van der Waals surface area contributed by atoms with Crippen LogP contribution in [0, 0.1) is 0 Å². The number of likely N-dealkylation sites (tertiary alicyclic amines) is 1. The first-order chi connectivity index (χ1) is 16.6. The summed E-state index contributed by atoms with van der Waals surface area (Å²) < 4.78 is 25.6. The van der Waals surface area contributed by atoms with Gasteiger partial charge in [-0.3, -0.25) is 0 Å². The lowest BCUT2D eigenvalue weighted by molar-refractivity contribution is -0.741. The maximum Gasteiger partial charge on any atom is 0.529 e. The summed E-state index contributed by atoms with van der Waals surface area (Å²) in [6.07, 6.45) is -0.257. The average molecular weight is 515 g/mol. The number of carbonyl (C=O) groups excluding carboxylic acids is 1. The molecule has 4 rings (SSSR count). The summed E-state index contributed by atoms with van der Waals surface area (Å²) >= 11 is 5.85. The summed E-state index contributed by atoms with van der Waals surface area (Å²) in [4.78, 5) is 24.2. The molecule has 1 fully saturated rings. The lowest BCUT2D eigenvalue weighted by Gasteiger charge is -2.30. The van der Waals surface area contributed by atoms with E-state index in [1.165, 1.54) is 12.1 Å². The molecule has 2 atom stereocenters. The molecule has 1 heterocycles. The van der Waals surface area contributed by atoms with Crippen LogP contribution in [-0.4, -0.2) is 42.1 Å². The van der Waals surface area contributed by atoms with Crippen molar-refractivity contribution in [2.45, 2.75) is 30.7 Å². The molecular formula is C25H25ClN3O5S+. The Bertz CT molecular complexity index is 1340. The molecule has 35 heavy (non-hydrogen) atoms. The van der Waals surface area contributed by atoms with Crippen LogP contribution in [0.15, 0.2) is 77.7 Å². The number of carboxylic acid groups (broad SMARTS) is 1. The van der Waals surface area contributed by atoms with Crippen molar-refractivity contribution in [3.63, 3.8) is 0 Å². The van der Waals surface area contributed by atoms with Gasteiger partial charge in [0.25, 0.3) is 0 Å². The second-order valence-corrected chi connectivity index (χ2v) is 11.0. The van der Waals surface area contributed by atoms with Crippen LogP contribution in [0.25, 0.3) is 11.1 Å². The van der Waals surface area contributed by atoms with Crippen LogP contribution in [-0.2, 0) is 10.0 Å². The normalized spacial score (nSPS) is 19.8. The van der Waals surface area contributed by atoms with Crippen molar-refractivity contribution >= 4 is 45.1 Å². The number of nitrogens with zero attached hydrogens (tertiary/aromatic N) is 1. The third kappa shape index (κ3) is 4.75. The van der Waals surface area contributed by atoms with Crippen molar-refractivity contribution in [1.82, 2.24) is 0 Å². The maximum absolute atomic E-state index is 13.3. The second kappa shape index (κ2) is 9.69. The smallest absolute Gasteiger partial charge is 0.435 e. The topological polar surface area (TPSA) is 113 Å². The van der Waals surface area contributed by atoms with E-state index in [1.807, 2.05) is 0 Å². The van der Waals surface area contributed by atoms with Crippen molar-refractivity contribution in [2.75, 3.05) is 17.2 Å². The molecule has 1 aliphatic rings. The monoisotopic (exact) mass is 514 g/mol. The standard InChI is InChI=1S/C25H24ClN3O5S/c1-17-3-2-16-29(17,25(31)32)35(33,34)23-14-6-19(7-15-23)18-4-10-21(11-5-18)27-24(30)28-22-12-8-20(26)9-13-22/h4-15,17H,2-3,16H2,1H3,(H2-,27,28,30,31,32)/p+1/t17-,29?/m1/s1. The summed E-state index contributed by atoms with van der Waals surface area (Å²) in [6, 6.07) is 19.1. The molecule has 0 radical (unpaired) electrons. The Kier molecular flexibility index (Phi) is 6.84. The fourth-order valence-corrected chi connectivity index (χ4v) is 6.51.